The molecular formula is C4H8ClKO2. The molecule has 0 amide bonds. The molecule has 0 radical (unpaired) electrons. The van der Waals surface area contributed by atoms with Crippen LogP contribution in [0.15, 0.2) is 0 Å². The molecular weight excluding hydrogens is 155 g/mol. The molecule has 0 aliphatic heterocycles. The number of hydrogen-bond donors (Lipinski definition) is 1. The number of carboxylic acids is 1. The fraction of sp³-hybridized carbons (Fsp3) is 0.750. The van der Waals surface area contributed by atoms with Crippen molar-refractivity contribution in [3.63, 3.8) is 0 Å². The summed E-state index contributed by atoms with van der Waals surface area (Å²) in [4.78, 5) is 9.70. The Hall–Kier alpha value is 1.40. The van der Waals surface area contributed by atoms with Gasteiger partial charge in [0, 0.05) is 12.3 Å². The average molecular weight is 163 g/mol. The van der Waals surface area contributed by atoms with Crippen LogP contribution in [0.4, 0.5) is 0 Å². The molecule has 0 spiro atoms. The number of halogens is 1. The third-order valence-electron chi connectivity index (χ3n) is 0.524. The molecule has 0 heterocycles. The van der Waals surface area contributed by atoms with Gasteiger partial charge in [-0.25, -0.2) is 0 Å². The average Bonchev–Trinajstić information content (AvgIpc) is 1.61. The van der Waals surface area contributed by atoms with Gasteiger partial charge < -0.3 is 5.11 Å². The van der Waals surface area contributed by atoms with Gasteiger partial charge in [0.2, 0.25) is 0 Å². The topological polar surface area (TPSA) is 37.3 Å². The van der Waals surface area contributed by atoms with Crippen LogP contribution in [0.1, 0.15) is 12.8 Å². The van der Waals surface area contributed by atoms with E-state index in [0.717, 1.165) is 0 Å². The summed E-state index contributed by atoms with van der Waals surface area (Å²) in [5.41, 5.74) is 0. The van der Waals surface area contributed by atoms with Crippen molar-refractivity contribution in [1.29, 1.82) is 0 Å². The molecule has 0 saturated heterocycles. The first-order valence-electron chi connectivity index (χ1n) is 2.05. The Labute approximate surface area is 96.0 Å². The second-order valence-electron chi connectivity index (χ2n) is 1.19. The van der Waals surface area contributed by atoms with Crippen LogP contribution in [0.5, 0.6) is 0 Å². The Balaban J connectivity index is 0. The molecule has 0 saturated carbocycles. The molecule has 2 nitrogen and oxygen atoms in total. The zero-order valence-electron chi connectivity index (χ0n) is 3.85. The van der Waals surface area contributed by atoms with Gasteiger partial charge in [0.05, 0.1) is 0 Å². The molecule has 0 fully saturated rings. The van der Waals surface area contributed by atoms with E-state index in [1.807, 2.05) is 0 Å². The van der Waals surface area contributed by atoms with Crippen molar-refractivity contribution in [2.24, 2.45) is 0 Å². The van der Waals surface area contributed by atoms with Crippen LogP contribution in [0.25, 0.3) is 0 Å². The first-order valence-corrected chi connectivity index (χ1v) is 2.58. The van der Waals surface area contributed by atoms with E-state index >= 15 is 0 Å². The molecule has 0 aromatic heterocycles. The van der Waals surface area contributed by atoms with Gasteiger partial charge in [0.1, 0.15) is 0 Å². The first-order chi connectivity index (χ1) is 3.27. The van der Waals surface area contributed by atoms with Gasteiger partial charge in [-0.2, -0.15) is 0 Å². The molecule has 0 unspecified atom stereocenters. The van der Waals surface area contributed by atoms with Crippen LogP contribution in [-0.2, 0) is 4.79 Å². The van der Waals surface area contributed by atoms with E-state index in [-0.39, 0.29) is 57.8 Å². The van der Waals surface area contributed by atoms with Crippen LogP contribution >= 0.6 is 11.6 Å². The van der Waals surface area contributed by atoms with Gasteiger partial charge in [0.25, 0.3) is 0 Å². The summed E-state index contributed by atoms with van der Waals surface area (Å²) in [6.45, 7) is 0. The summed E-state index contributed by atoms with van der Waals surface area (Å²) < 4.78 is 0. The monoisotopic (exact) mass is 162 g/mol. The van der Waals surface area contributed by atoms with E-state index in [0.29, 0.717) is 12.3 Å². The Morgan fingerprint density at radius 1 is 1.62 bits per heavy atom. The molecule has 1 N–H and O–H groups in total. The van der Waals surface area contributed by atoms with Gasteiger partial charge in [-0.15, -0.1) is 11.6 Å². The van der Waals surface area contributed by atoms with Gasteiger partial charge in [-0.05, 0) is 6.42 Å². The molecule has 0 aromatic carbocycles. The van der Waals surface area contributed by atoms with E-state index in [9.17, 15) is 4.79 Å². The van der Waals surface area contributed by atoms with E-state index < -0.39 is 5.97 Å². The fourth-order valence-corrected chi connectivity index (χ4v) is 0.352. The minimum atomic E-state index is -0.777. The summed E-state index contributed by atoms with van der Waals surface area (Å²) in [6.07, 6.45) is 0.750. The maximum atomic E-state index is 9.70. The quantitative estimate of drug-likeness (QED) is 0.483. The summed E-state index contributed by atoms with van der Waals surface area (Å²) in [6, 6.07) is 0. The summed E-state index contributed by atoms with van der Waals surface area (Å²) >= 11 is 5.18. The number of carbonyl (C=O) groups is 1. The third-order valence-corrected chi connectivity index (χ3v) is 0.792. The number of carboxylic acid groups (broad SMARTS) is 1. The first kappa shape index (κ1) is 12.1. The maximum absolute atomic E-state index is 9.70. The van der Waals surface area contributed by atoms with Gasteiger partial charge in [0.15, 0.2) is 0 Å². The van der Waals surface area contributed by atoms with Crippen molar-refractivity contribution in [3.8, 4) is 0 Å². The summed E-state index contributed by atoms with van der Waals surface area (Å²) in [5.74, 6) is -0.340. The van der Waals surface area contributed by atoms with Crippen LogP contribution in [0.3, 0.4) is 0 Å². The Kier molecular flexibility index (Phi) is 12.7. The predicted octanol–water partition coefficient (Wildman–Crippen LogP) is 0.442. The molecule has 0 atom stereocenters. The standard InChI is InChI=1S/C4H7ClO2.K.H/c5-3-1-2-4(6)7;;/h1-3H2,(H,6,7);;. The van der Waals surface area contributed by atoms with Crippen molar-refractivity contribution in [2.45, 2.75) is 12.8 Å². The summed E-state index contributed by atoms with van der Waals surface area (Å²) in [5, 5.41) is 7.99. The van der Waals surface area contributed by atoms with Crippen LogP contribution < -0.4 is 0 Å². The van der Waals surface area contributed by atoms with Crippen LogP contribution in [-0.4, -0.2) is 68.3 Å². The molecule has 8 heavy (non-hydrogen) atoms. The number of aliphatic carboxylic acids is 1. The second kappa shape index (κ2) is 8.40. The summed E-state index contributed by atoms with van der Waals surface area (Å²) in [7, 11) is 0. The molecule has 4 heteroatoms. The minimum absolute atomic E-state index is 0. The van der Waals surface area contributed by atoms with Crippen molar-refractivity contribution >= 4 is 69.0 Å². The third kappa shape index (κ3) is 10.4. The number of alkyl halides is 1. The SMILES string of the molecule is O=C(O)CCCCl.[KH]. The van der Waals surface area contributed by atoms with E-state index in [1.165, 1.54) is 0 Å². The van der Waals surface area contributed by atoms with E-state index in [1.54, 1.807) is 0 Å². The Morgan fingerprint density at radius 2 is 2.12 bits per heavy atom. The molecule has 0 aliphatic carbocycles. The van der Waals surface area contributed by atoms with Gasteiger partial charge in [-0.3, -0.25) is 4.79 Å². The Bertz CT molecular complexity index is 67.1. The van der Waals surface area contributed by atoms with Crippen molar-refractivity contribution in [3.05, 3.63) is 0 Å². The molecule has 0 aromatic rings. The predicted molar refractivity (Wildman–Crippen MR) is 34.7 cm³/mol. The van der Waals surface area contributed by atoms with Crippen molar-refractivity contribution in [2.75, 3.05) is 5.88 Å². The van der Waals surface area contributed by atoms with Gasteiger partial charge >= 0.3 is 57.4 Å². The van der Waals surface area contributed by atoms with Gasteiger partial charge in [-0.1, -0.05) is 0 Å². The zero-order valence-corrected chi connectivity index (χ0v) is 4.61. The van der Waals surface area contributed by atoms with E-state index in [4.69, 9.17) is 16.7 Å². The normalized spacial score (nSPS) is 7.62. The molecule has 0 bridgehead atoms. The molecule has 0 aliphatic rings. The number of rotatable bonds is 3. The van der Waals surface area contributed by atoms with Crippen molar-refractivity contribution in [1.82, 2.24) is 0 Å². The second-order valence-corrected chi connectivity index (χ2v) is 1.56. The van der Waals surface area contributed by atoms with E-state index in [2.05, 4.69) is 0 Å². The Morgan fingerprint density at radius 3 is 2.25 bits per heavy atom. The van der Waals surface area contributed by atoms with Crippen LogP contribution in [0, 0.1) is 0 Å². The molecule has 0 rings (SSSR count). The van der Waals surface area contributed by atoms with Crippen LogP contribution in [0.2, 0.25) is 0 Å². The zero-order chi connectivity index (χ0) is 5.70. The fourth-order valence-electron chi connectivity index (χ4n) is 0.218. The molecule has 44 valence electrons. The van der Waals surface area contributed by atoms with Crippen molar-refractivity contribution < 1.29 is 9.90 Å². The number of hydrogen-bond acceptors (Lipinski definition) is 1.